The Kier molecular flexibility index (Phi) is 2.87. The zero-order chi connectivity index (χ0) is 13.2. The topological polar surface area (TPSA) is 80.5 Å². The molecule has 0 spiro atoms. The first-order chi connectivity index (χ1) is 9.25. The number of rotatable bonds is 3. The second-order valence-corrected chi connectivity index (χ2v) is 4.69. The second-order valence-electron chi connectivity index (χ2n) is 4.69. The number of aromatic amines is 1. The van der Waals surface area contributed by atoms with Crippen molar-refractivity contribution in [2.75, 3.05) is 5.73 Å². The molecule has 3 rings (SSSR count). The van der Waals surface area contributed by atoms with Crippen molar-refractivity contribution in [1.29, 1.82) is 0 Å². The fourth-order valence-corrected chi connectivity index (χ4v) is 2.33. The number of H-pyrrole nitrogens is 1. The van der Waals surface area contributed by atoms with E-state index in [0.717, 1.165) is 17.5 Å². The number of nitrogens with zero attached hydrogens (tertiary/aromatic N) is 3. The molecule has 2 heterocycles. The van der Waals surface area contributed by atoms with Gasteiger partial charge in [-0.2, -0.15) is 5.10 Å². The SMILES string of the molecule is C[C@@H](Cc1ccccc1)c1[nH]nc2ncnc(N)c12. The third kappa shape index (κ3) is 2.14. The molecule has 3 aromatic rings. The molecule has 0 aliphatic heterocycles. The lowest BCUT2D eigenvalue weighted by Crippen LogP contribution is -2.01. The summed E-state index contributed by atoms with van der Waals surface area (Å²) in [6.07, 6.45) is 2.36. The van der Waals surface area contributed by atoms with Crippen LogP contribution in [0.25, 0.3) is 11.0 Å². The van der Waals surface area contributed by atoms with E-state index in [1.165, 1.54) is 11.9 Å². The molecular weight excluding hydrogens is 238 g/mol. The summed E-state index contributed by atoms with van der Waals surface area (Å²) in [4.78, 5) is 8.15. The number of nitrogens with one attached hydrogen (secondary N) is 1. The molecule has 5 heteroatoms. The molecule has 0 saturated carbocycles. The van der Waals surface area contributed by atoms with Gasteiger partial charge in [-0.05, 0) is 12.0 Å². The van der Waals surface area contributed by atoms with E-state index < -0.39 is 0 Å². The third-order valence-corrected chi connectivity index (χ3v) is 3.29. The number of nitrogens with two attached hydrogens (primary N) is 1. The van der Waals surface area contributed by atoms with Gasteiger partial charge < -0.3 is 5.73 Å². The van der Waals surface area contributed by atoms with Crippen LogP contribution in [0.4, 0.5) is 5.82 Å². The first-order valence-corrected chi connectivity index (χ1v) is 6.24. The molecular formula is C14H15N5. The number of nitrogen functional groups attached to an aromatic ring is 1. The highest BCUT2D eigenvalue weighted by Gasteiger charge is 2.16. The molecule has 1 aromatic carbocycles. The Morgan fingerprint density at radius 2 is 2.00 bits per heavy atom. The summed E-state index contributed by atoms with van der Waals surface area (Å²) in [7, 11) is 0. The minimum atomic E-state index is 0.278. The standard InChI is InChI=1S/C14H15N5/c1-9(7-10-5-3-2-4-6-10)12-11-13(15)16-8-17-14(11)19-18-12/h2-6,8-9H,7H2,1H3,(H3,15,16,17,18,19)/t9-/m0/s1. The lowest BCUT2D eigenvalue weighted by Gasteiger charge is -2.10. The van der Waals surface area contributed by atoms with E-state index in [2.05, 4.69) is 39.2 Å². The predicted octanol–water partition coefficient (Wildman–Crippen LogP) is 2.28. The number of fused-ring (bicyclic) bond motifs is 1. The first-order valence-electron chi connectivity index (χ1n) is 6.24. The average molecular weight is 253 g/mol. The van der Waals surface area contributed by atoms with Crippen molar-refractivity contribution in [3.05, 3.63) is 47.9 Å². The maximum absolute atomic E-state index is 5.92. The molecule has 19 heavy (non-hydrogen) atoms. The van der Waals surface area contributed by atoms with Crippen LogP contribution in [0.15, 0.2) is 36.7 Å². The second kappa shape index (κ2) is 4.68. The molecule has 3 N–H and O–H groups in total. The minimum Gasteiger partial charge on any atom is -0.383 e. The predicted molar refractivity (Wildman–Crippen MR) is 74.7 cm³/mol. The fraction of sp³-hybridized carbons (Fsp3) is 0.214. The van der Waals surface area contributed by atoms with Crippen LogP contribution in [0.2, 0.25) is 0 Å². The Balaban J connectivity index is 1.96. The van der Waals surface area contributed by atoms with Crippen LogP contribution in [0.3, 0.4) is 0 Å². The van der Waals surface area contributed by atoms with E-state index in [9.17, 15) is 0 Å². The van der Waals surface area contributed by atoms with Crippen molar-refractivity contribution in [3.63, 3.8) is 0 Å². The van der Waals surface area contributed by atoms with Crippen molar-refractivity contribution in [2.24, 2.45) is 0 Å². The minimum absolute atomic E-state index is 0.278. The Bertz CT molecular complexity index is 689. The van der Waals surface area contributed by atoms with Gasteiger partial charge in [0.15, 0.2) is 5.65 Å². The number of hydrogen-bond donors (Lipinski definition) is 2. The summed E-state index contributed by atoms with van der Waals surface area (Å²) in [5, 5.41) is 8.07. The molecule has 0 bridgehead atoms. The smallest absolute Gasteiger partial charge is 0.186 e. The van der Waals surface area contributed by atoms with Gasteiger partial charge in [0.2, 0.25) is 0 Å². The number of anilines is 1. The number of aromatic nitrogens is 4. The highest BCUT2D eigenvalue weighted by molar-refractivity contribution is 5.87. The van der Waals surface area contributed by atoms with E-state index in [-0.39, 0.29) is 5.92 Å². The molecule has 0 aliphatic carbocycles. The van der Waals surface area contributed by atoms with E-state index in [0.29, 0.717) is 11.5 Å². The molecule has 0 amide bonds. The maximum Gasteiger partial charge on any atom is 0.186 e. The van der Waals surface area contributed by atoms with E-state index >= 15 is 0 Å². The van der Waals surface area contributed by atoms with Gasteiger partial charge >= 0.3 is 0 Å². The Morgan fingerprint density at radius 1 is 1.21 bits per heavy atom. The molecule has 0 fully saturated rings. The van der Waals surface area contributed by atoms with E-state index in [1.807, 2.05) is 18.2 Å². The van der Waals surface area contributed by atoms with Crippen LogP contribution in [0, 0.1) is 0 Å². The van der Waals surface area contributed by atoms with Crippen molar-refractivity contribution in [3.8, 4) is 0 Å². The lowest BCUT2D eigenvalue weighted by atomic mass is 9.96. The van der Waals surface area contributed by atoms with Crippen LogP contribution in [-0.4, -0.2) is 20.2 Å². The van der Waals surface area contributed by atoms with Gasteiger partial charge in [0.05, 0.1) is 11.1 Å². The highest BCUT2D eigenvalue weighted by Crippen LogP contribution is 2.27. The summed E-state index contributed by atoms with van der Waals surface area (Å²) in [6, 6.07) is 10.4. The quantitative estimate of drug-likeness (QED) is 0.750. The number of benzene rings is 1. The number of hydrogen-bond acceptors (Lipinski definition) is 4. The fourth-order valence-electron chi connectivity index (χ4n) is 2.33. The molecule has 0 aliphatic rings. The molecule has 2 aromatic heterocycles. The van der Waals surface area contributed by atoms with Crippen molar-refractivity contribution >= 4 is 16.9 Å². The van der Waals surface area contributed by atoms with Gasteiger partial charge in [-0.15, -0.1) is 0 Å². The van der Waals surface area contributed by atoms with Crippen LogP contribution in [0.5, 0.6) is 0 Å². The van der Waals surface area contributed by atoms with Gasteiger partial charge in [-0.1, -0.05) is 37.3 Å². The van der Waals surface area contributed by atoms with Gasteiger partial charge in [-0.3, -0.25) is 5.10 Å². The highest BCUT2D eigenvalue weighted by atomic mass is 15.2. The third-order valence-electron chi connectivity index (χ3n) is 3.29. The zero-order valence-corrected chi connectivity index (χ0v) is 10.7. The molecule has 96 valence electrons. The first kappa shape index (κ1) is 11.6. The van der Waals surface area contributed by atoms with E-state index in [4.69, 9.17) is 5.73 Å². The average Bonchev–Trinajstić information content (AvgIpc) is 2.85. The van der Waals surface area contributed by atoms with Gasteiger partial charge in [0.1, 0.15) is 12.1 Å². The Hall–Kier alpha value is -2.43. The lowest BCUT2D eigenvalue weighted by molar-refractivity contribution is 0.730. The van der Waals surface area contributed by atoms with Crippen molar-refractivity contribution in [2.45, 2.75) is 19.3 Å². The molecule has 0 saturated heterocycles. The molecule has 0 radical (unpaired) electrons. The van der Waals surface area contributed by atoms with Gasteiger partial charge in [0.25, 0.3) is 0 Å². The molecule has 1 atom stereocenters. The van der Waals surface area contributed by atoms with Crippen molar-refractivity contribution < 1.29 is 0 Å². The van der Waals surface area contributed by atoms with E-state index in [1.54, 1.807) is 0 Å². The monoisotopic (exact) mass is 253 g/mol. The van der Waals surface area contributed by atoms with Crippen molar-refractivity contribution in [1.82, 2.24) is 20.2 Å². The maximum atomic E-state index is 5.92. The van der Waals surface area contributed by atoms with Crippen LogP contribution >= 0.6 is 0 Å². The van der Waals surface area contributed by atoms with Gasteiger partial charge in [0, 0.05) is 5.92 Å². The van der Waals surface area contributed by atoms with Crippen LogP contribution in [-0.2, 0) is 6.42 Å². The summed E-state index contributed by atoms with van der Waals surface area (Å²) in [5.74, 6) is 0.759. The van der Waals surface area contributed by atoms with Gasteiger partial charge in [-0.25, -0.2) is 9.97 Å². The molecule has 5 nitrogen and oxygen atoms in total. The largest absolute Gasteiger partial charge is 0.383 e. The summed E-state index contributed by atoms with van der Waals surface area (Å²) >= 11 is 0. The zero-order valence-electron chi connectivity index (χ0n) is 10.7. The van der Waals surface area contributed by atoms with Crippen LogP contribution < -0.4 is 5.73 Å². The molecule has 0 unspecified atom stereocenters. The summed E-state index contributed by atoms with van der Waals surface area (Å²) < 4.78 is 0. The summed E-state index contributed by atoms with van der Waals surface area (Å²) in [5.41, 5.74) is 8.83. The Labute approximate surface area is 110 Å². The normalized spacial score (nSPS) is 12.7. The Morgan fingerprint density at radius 3 is 2.79 bits per heavy atom. The summed E-state index contributed by atoms with van der Waals surface area (Å²) in [6.45, 7) is 2.15. The van der Waals surface area contributed by atoms with Crippen LogP contribution in [0.1, 0.15) is 24.1 Å².